The summed E-state index contributed by atoms with van der Waals surface area (Å²) in [4.78, 5) is 15.7. The van der Waals surface area contributed by atoms with Crippen molar-refractivity contribution in [1.82, 2.24) is 14.8 Å². The molecule has 2 rings (SSSR count). The van der Waals surface area contributed by atoms with E-state index in [1.807, 2.05) is 0 Å². The highest BCUT2D eigenvalue weighted by atomic mass is 19.1. The Balaban J connectivity index is 2.27. The number of rotatable bonds is 2. The lowest BCUT2D eigenvalue weighted by molar-refractivity contribution is 0.102. The van der Waals surface area contributed by atoms with Crippen molar-refractivity contribution in [2.75, 3.05) is 11.1 Å². The second-order valence-electron chi connectivity index (χ2n) is 3.83. The van der Waals surface area contributed by atoms with Gasteiger partial charge in [0, 0.05) is 23.9 Å². The number of halogens is 1. The fraction of sp³-hybridized carbons (Fsp3) is 0.182. The van der Waals surface area contributed by atoms with Crippen molar-refractivity contribution < 1.29 is 9.18 Å². The van der Waals surface area contributed by atoms with Gasteiger partial charge < -0.3 is 5.73 Å². The molecule has 0 fully saturated rings. The minimum Gasteiger partial charge on any atom is -0.398 e. The maximum atomic E-state index is 13.5. The zero-order chi connectivity index (χ0) is 13.3. The topological polar surface area (TPSA) is 85.8 Å². The molecule has 1 heterocycles. The molecule has 0 saturated carbocycles. The van der Waals surface area contributed by atoms with Gasteiger partial charge in [-0.2, -0.15) is 10.1 Å². The van der Waals surface area contributed by atoms with Crippen molar-refractivity contribution in [3.63, 3.8) is 0 Å². The van der Waals surface area contributed by atoms with Gasteiger partial charge in [0.2, 0.25) is 5.95 Å². The molecule has 1 aromatic carbocycles. The molecule has 18 heavy (non-hydrogen) atoms. The van der Waals surface area contributed by atoms with Crippen molar-refractivity contribution >= 4 is 17.5 Å². The Morgan fingerprint density at radius 1 is 1.50 bits per heavy atom. The van der Waals surface area contributed by atoms with E-state index in [-0.39, 0.29) is 17.2 Å². The predicted octanol–water partition coefficient (Wildman–Crippen LogP) is 1.10. The number of benzene rings is 1. The zero-order valence-corrected chi connectivity index (χ0v) is 9.94. The summed E-state index contributed by atoms with van der Waals surface area (Å²) in [6.07, 6.45) is 1.31. The van der Waals surface area contributed by atoms with Crippen LogP contribution in [0.15, 0.2) is 18.5 Å². The number of nitrogens with two attached hydrogens (primary N) is 1. The van der Waals surface area contributed by atoms with E-state index >= 15 is 0 Å². The normalized spacial score (nSPS) is 10.4. The fourth-order valence-electron chi connectivity index (χ4n) is 1.41. The molecule has 94 valence electrons. The van der Waals surface area contributed by atoms with E-state index in [4.69, 9.17) is 5.73 Å². The Hall–Kier alpha value is -2.44. The molecule has 7 heteroatoms. The van der Waals surface area contributed by atoms with Crippen LogP contribution < -0.4 is 11.1 Å². The largest absolute Gasteiger partial charge is 0.398 e. The molecular weight excluding hydrogens is 237 g/mol. The summed E-state index contributed by atoms with van der Waals surface area (Å²) >= 11 is 0. The molecular formula is C11H12FN5O. The van der Waals surface area contributed by atoms with E-state index < -0.39 is 11.7 Å². The minimum atomic E-state index is -0.516. The van der Waals surface area contributed by atoms with E-state index in [1.54, 1.807) is 14.0 Å². The van der Waals surface area contributed by atoms with Crippen LogP contribution in [0.2, 0.25) is 0 Å². The van der Waals surface area contributed by atoms with Gasteiger partial charge in [0.05, 0.1) is 0 Å². The van der Waals surface area contributed by atoms with E-state index in [1.165, 1.54) is 17.1 Å². The molecule has 6 nitrogen and oxygen atoms in total. The molecule has 0 saturated heterocycles. The van der Waals surface area contributed by atoms with Gasteiger partial charge in [-0.3, -0.25) is 10.1 Å². The number of carbonyl (C=O) groups is 1. The average molecular weight is 249 g/mol. The fourth-order valence-corrected chi connectivity index (χ4v) is 1.41. The molecule has 0 aliphatic carbocycles. The van der Waals surface area contributed by atoms with Gasteiger partial charge >= 0.3 is 0 Å². The van der Waals surface area contributed by atoms with E-state index in [0.717, 1.165) is 6.07 Å². The van der Waals surface area contributed by atoms with Crippen LogP contribution in [0.3, 0.4) is 0 Å². The van der Waals surface area contributed by atoms with E-state index in [9.17, 15) is 9.18 Å². The van der Waals surface area contributed by atoms with Crippen molar-refractivity contribution in [3.05, 3.63) is 35.4 Å². The van der Waals surface area contributed by atoms with Crippen LogP contribution in [0.5, 0.6) is 0 Å². The molecule has 3 N–H and O–H groups in total. The molecule has 1 amide bonds. The first-order valence-corrected chi connectivity index (χ1v) is 5.20. The number of nitrogens with one attached hydrogen (secondary N) is 1. The number of hydrogen-bond donors (Lipinski definition) is 2. The maximum absolute atomic E-state index is 13.5. The van der Waals surface area contributed by atoms with E-state index in [2.05, 4.69) is 15.4 Å². The molecule has 1 aromatic heterocycles. The number of carbonyl (C=O) groups excluding carboxylic acids is 1. The Bertz CT molecular complexity index is 584. The van der Waals surface area contributed by atoms with Gasteiger partial charge in [0.25, 0.3) is 5.91 Å². The summed E-state index contributed by atoms with van der Waals surface area (Å²) < 4.78 is 14.9. The highest BCUT2D eigenvalue weighted by molar-refractivity contribution is 6.04. The summed E-state index contributed by atoms with van der Waals surface area (Å²) in [5, 5.41) is 6.31. The smallest absolute Gasteiger partial charge is 0.258 e. The van der Waals surface area contributed by atoms with Gasteiger partial charge in [0.15, 0.2) is 0 Å². The van der Waals surface area contributed by atoms with Crippen LogP contribution in [-0.2, 0) is 7.05 Å². The predicted molar refractivity (Wildman–Crippen MR) is 64.5 cm³/mol. The Kier molecular flexibility index (Phi) is 2.97. The second-order valence-corrected chi connectivity index (χ2v) is 3.83. The van der Waals surface area contributed by atoms with Gasteiger partial charge in [0.1, 0.15) is 12.1 Å². The molecule has 0 bridgehead atoms. The van der Waals surface area contributed by atoms with Crippen LogP contribution in [0.1, 0.15) is 15.9 Å². The van der Waals surface area contributed by atoms with Gasteiger partial charge in [-0.15, -0.1) is 0 Å². The number of hydrogen-bond acceptors (Lipinski definition) is 4. The van der Waals surface area contributed by atoms with E-state index in [0.29, 0.717) is 5.56 Å². The standard InChI is InChI=1S/C11H12FN5O/c1-6-8(12)3-7(4-9(6)13)10(18)16-11-14-5-15-17(11)2/h3-5H,13H2,1-2H3,(H,14,15,16,18). The summed E-state index contributed by atoms with van der Waals surface area (Å²) in [6.45, 7) is 1.55. The Labute approximate surface area is 103 Å². The lowest BCUT2D eigenvalue weighted by Gasteiger charge is -2.07. The first-order valence-electron chi connectivity index (χ1n) is 5.20. The van der Waals surface area contributed by atoms with Crippen LogP contribution >= 0.6 is 0 Å². The average Bonchev–Trinajstić information content (AvgIpc) is 2.71. The number of nitrogen functional groups attached to an aromatic ring is 1. The lowest BCUT2D eigenvalue weighted by Crippen LogP contribution is -2.16. The second kappa shape index (κ2) is 4.44. The van der Waals surface area contributed by atoms with Gasteiger partial charge in [-0.05, 0) is 19.1 Å². The summed E-state index contributed by atoms with van der Waals surface area (Å²) in [6, 6.07) is 2.56. The zero-order valence-electron chi connectivity index (χ0n) is 9.94. The molecule has 0 unspecified atom stereocenters. The monoisotopic (exact) mass is 249 g/mol. The van der Waals surface area contributed by atoms with Crippen LogP contribution in [0, 0.1) is 12.7 Å². The van der Waals surface area contributed by atoms with Gasteiger partial charge in [-0.25, -0.2) is 9.07 Å². The first kappa shape index (κ1) is 12.0. The number of nitrogens with zero attached hydrogens (tertiary/aromatic N) is 3. The third-order valence-electron chi connectivity index (χ3n) is 2.58. The quantitative estimate of drug-likeness (QED) is 0.780. The maximum Gasteiger partial charge on any atom is 0.258 e. The molecule has 0 aliphatic rings. The molecule has 0 radical (unpaired) electrons. The molecule has 0 aliphatic heterocycles. The van der Waals surface area contributed by atoms with Crippen molar-refractivity contribution in [1.29, 1.82) is 0 Å². The highest BCUT2D eigenvalue weighted by Crippen LogP contribution is 2.18. The molecule has 0 spiro atoms. The van der Waals surface area contributed by atoms with Crippen LogP contribution in [0.25, 0.3) is 0 Å². The lowest BCUT2D eigenvalue weighted by atomic mass is 10.1. The Morgan fingerprint density at radius 3 is 2.78 bits per heavy atom. The summed E-state index contributed by atoms with van der Waals surface area (Å²) in [5.74, 6) is -0.727. The Morgan fingerprint density at radius 2 is 2.22 bits per heavy atom. The summed E-state index contributed by atoms with van der Waals surface area (Å²) in [5.41, 5.74) is 6.31. The first-order chi connectivity index (χ1) is 8.49. The third-order valence-corrected chi connectivity index (χ3v) is 2.58. The third kappa shape index (κ3) is 2.15. The highest BCUT2D eigenvalue weighted by Gasteiger charge is 2.13. The van der Waals surface area contributed by atoms with Gasteiger partial charge in [-0.1, -0.05) is 0 Å². The van der Waals surface area contributed by atoms with Crippen molar-refractivity contribution in [2.24, 2.45) is 7.05 Å². The van der Waals surface area contributed by atoms with Crippen molar-refractivity contribution in [3.8, 4) is 0 Å². The molecule has 0 atom stereocenters. The number of aryl methyl sites for hydroxylation is 1. The number of anilines is 2. The SMILES string of the molecule is Cc1c(N)cc(C(=O)Nc2ncnn2C)cc1F. The number of amides is 1. The number of aromatic nitrogens is 3. The van der Waals surface area contributed by atoms with Crippen LogP contribution in [0.4, 0.5) is 16.0 Å². The minimum absolute atomic E-state index is 0.138. The summed E-state index contributed by atoms with van der Waals surface area (Å²) in [7, 11) is 1.63. The van der Waals surface area contributed by atoms with Crippen LogP contribution in [-0.4, -0.2) is 20.7 Å². The van der Waals surface area contributed by atoms with Crippen molar-refractivity contribution in [2.45, 2.75) is 6.92 Å². The molecule has 2 aromatic rings.